The maximum absolute atomic E-state index is 13.3. The number of carbonyl (C=O) groups excluding carboxylic acids is 1. The van der Waals surface area contributed by atoms with Crippen LogP contribution in [0, 0.1) is 0 Å². The van der Waals surface area contributed by atoms with E-state index in [1.165, 1.54) is 0 Å². The maximum atomic E-state index is 13.3. The van der Waals surface area contributed by atoms with Gasteiger partial charge in [-0.2, -0.15) is 0 Å². The Labute approximate surface area is 151 Å². The van der Waals surface area contributed by atoms with Crippen molar-refractivity contribution < 1.29 is 9.21 Å². The molecule has 1 atom stereocenters. The summed E-state index contributed by atoms with van der Waals surface area (Å²) in [4.78, 5) is 32.4. The van der Waals surface area contributed by atoms with Crippen molar-refractivity contribution >= 4 is 16.9 Å². The Balaban J connectivity index is 2.01. The molecule has 3 aromatic rings. The van der Waals surface area contributed by atoms with Crippen LogP contribution in [0.1, 0.15) is 53.7 Å². The fourth-order valence-electron chi connectivity index (χ4n) is 3.60. The standard InChI is InChI=1S/C21H20N2O3/c1-3-11-23-18(15-7-5-6-10-22-15)17-19(24)14-12-13(4-2)8-9-16(14)26-20(17)21(23)25/h5-10,12,18H,3-4,11H2,1-2H3. The lowest BCUT2D eigenvalue weighted by Gasteiger charge is -2.23. The third kappa shape index (κ3) is 2.43. The van der Waals surface area contributed by atoms with Crippen LogP contribution in [0.5, 0.6) is 0 Å². The van der Waals surface area contributed by atoms with Crippen LogP contribution in [0.4, 0.5) is 0 Å². The number of hydrogen-bond acceptors (Lipinski definition) is 4. The number of nitrogens with zero attached hydrogens (tertiary/aromatic N) is 2. The molecule has 0 bridgehead atoms. The van der Waals surface area contributed by atoms with Crippen molar-refractivity contribution in [1.29, 1.82) is 0 Å². The molecule has 0 fully saturated rings. The summed E-state index contributed by atoms with van der Waals surface area (Å²) in [6.07, 6.45) is 3.30. The van der Waals surface area contributed by atoms with E-state index in [0.717, 1.165) is 18.4 Å². The molecule has 26 heavy (non-hydrogen) atoms. The average Bonchev–Trinajstić information content (AvgIpc) is 2.95. The van der Waals surface area contributed by atoms with Crippen molar-refractivity contribution in [3.63, 3.8) is 0 Å². The van der Waals surface area contributed by atoms with E-state index in [-0.39, 0.29) is 17.1 Å². The number of amides is 1. The van der Waals surface area contributed by atoms with Crippen molar-refractivity contribution in [3.8, 4) is 0 Å². The highest BCUT2D eigenvalue weighted by Crippen LogP contribution is 2.37. The molecule has 0 radical (unpaired) electrons. The number of rotatable bonds is 4. The van der Waals surface area contributed by atoms with E-state index in [1.807, 2.05) is 44.2 Å². The molecule has 5 heteroatoms. The van der Waals surface area contributed by atoms with Gasteiger partial charge in [0, 0.05) is 12.7 Å². The van der Waals surface area contributed by atoms with Crippen molar-refractivity contribution in [3.05, 3.63) is 75.4 Å². The fourth-order valence-corrected chi connectivity index (χ4v) is 3.60. The fraction of sp³-hybridized carbons (Fsp3) is 0.286. The summed E-state index contributed by atoms with van der Waals surface area (Å²) in [7, 11) is 0. The molecule has 0 spiro atoms. The van der Waals surface area contributed by atoms with Crippen LogP contribution in [-0.2, 0) is 6.42 Å². The van der Waals surface area contributed by atoms with Gasteiger partial charge in [-0.05, 0) is 42.7 Å². The average molecular weight is 348 g/mol. The van der Waals surface area contributed by atoms with Crippen LogP contribution < -0.4 is 5.43 Å². The van der Waals surface area contributed by atoms with Gasteiger partial charge in [0.05, 0.1) is 16.6 Å². The normalized spacial score (nSPS) is 16.3. The van der Waals surface area contributed by atoms with E-state index >= 15 is 0 Å². The van der Waals surface area contributed by atoms with E-state index in [0.29, 0.717) is 28.8 Å². The third-order valence-corrected chi connectivity index (χ3v) is 4.87. The van der Waals surface area contributed by atoms with E-state index in [2.05, 4.69) is 4.98 Å². The molecule has 3 heterocycles. The summed E-state index contributed by atoms with van der Waals surface area (Å²) in [5, 5.41) is 0.523. The van der Waals surface area contributed by atoms with E-state index < -0.39 is 6.04 Å². The molecule has 4 rings (SSSR count). The van der Waals surface area contributed by atoms with Gasteiger partial charge in [0.1, 0.15) is 11.6 Å². The number of fused-ring (bicyclic) bond motifs is 2. The molecule has 132 valence electrons. The summed E-state index contributed by atoms with van der Waals surface area (Å²) in [5.41, 5.74) is 2.47. The minimum Gasteiger partial charge on any atom is -0.450 e. The Bertz CT molecular complexity index is 1040. The minimum absolute atomic E-state index is 0.140. The predicted molar refractivity (Wildman–Crippen MR) is 99.3 cm³/mol. The molecular formula is C21H20N2O3. The van der Waals surface area contributed by atoms with Gasteiger partial charge in [-0.25, -0.2) is 0 Å². The molecule has 1 amide bonds. The zero-order valence-electron chi connectivity index (χ0n) is 14.9. The summed E-state index contributed by atoms with van der Waals surface area (Å²) in [5.74, 6) is -0.0908. The van der Waals surface area contributed by atoms with Gasteiger partial charge in [-0.3, -0.25) is 14.6 Å². The lowest BCUT2D eigenvalue weighted by molar-refractivity contribution is 0.0725. The molecule has 5 nitrogen and oxygen atoms in total. The van der Waals surface area contributed by atoms with Crippen molar-refractivity contribution in [2.45, 2.75) is 32.7 Å². The zero-order chi connectivity index (χ0) is 18.3. The molecular weight excluding hydrogens is 328 g/mol. The zero-order valence-corrected chi connectivity index (χ0v) is 14.9. The second kappa shape index (κ2) is 6.41. The second-order valence-electron chi connectivity index (χ2n) is 6.51. The van der Waals surface area contributed by atoms with Crippen molar-refractivity contribution in [1.82, 2.24) is 9.88 Å². The van der Waals surface area contributed by atoms with Gasteiger partial charge in [0.2, 0.25) is 5.76 Å². The summed E-state index contributed by atoms with van der Waals surface area (Å²) in [6.45, 7) is 4.59. The van der Waals surface area contributed by atoms with E-state index in [1.54, 1.807) is 17.2 Å². The quantitative estimate of drug-likeness (QED) is 0.721. The van der Waals surface area contributed by atoms with Gasteiger partial charge < -0.3 is 9.32 Å². The SMILES string of the molecule is CCCN1C(=O)c2oc3ccc(CC)cc3c(=O)c2C1c1ccccn1. The third-order valence-electron chi connectivity index (χ3n) is 4.87. The predicted octanol–water partition coefficient (Wildman–Crippen LogP) is 3.71. The molecule has 1 aliphatic rings. The Morgan fingerprint density at radius 1 is 1.15 bits per heavy atom. The summed E-state index contributed by atoms with van der Waals surface area (Å²) in [6, 6.07) is 10.6. The van der Waals surface area contributed by atoms with E-state index in [9.17, 15) is 9.59 Å². The van der Waals surface area contributed by atoms with Gasteiger partial charge >= 0.3 is 0 Å². The molecule has 1 unspecified atom stereocenters. The summed E-state index contributed by atoms with van der Waals surface area (Å²) >= 11 is 0. The van der Waals surface area contributed by atoms with Gasteiger partial charge in [0.15, 0.2) is 5.43 Å². The molecule has 1 aromatic carbocycles. The Morgan fingerprint density at radius 2 is 2.00 bits per heavy atom. The molecule has 1 aliphatic heterocycles. The maximum Gasteiger partial charge on any atom is 0.290 e. The highest BCUT2D eigenvalue weighted by Gasteiger charge is 2.42. The molecule has 0 saturated carbocycles. The number of pyridine rings is 1. The molecule has 0 N–H and O–H groups in total. The molecule has 0 saturated heterocycles. The Morgan fingerprint density at radius 3 is 2.69 bits per heavy atom. The summed E-state index contributed by atoms with van der Waals surface area (Å²) < 4.78 is 5.91. The lowest BCUT2D eigenvalue weighted by atomic mass is 10.0. The molecule has 2 aromatic heterocycles. The number of hydrogen-bond donors (Lipinski definition) is 0. The monoisotopic (exact) mass is 348 g/mol. The first kappa shape index (κ1) is 16.5. The number of aryl methyl sites for hydroxylation is 1. The van der Waals surface area contributed by atoms with Crippen LogP contribution in [0.3, 0.4) is 0 Å². The minimum atomic E-state index is -0.496. The lowest BCUT2D eigenvalue weighted by Crippen LogP contribution is -2.30. The first-order chi connectivity index (χ1) is 12.7. The second-order valence-corrected chi connectivity index (χ2v) is 6.51. The van der Waals surface area contributed by atoms with Crippen LogP contribution in [0.2, 0.25) is 0 Å². The Kier molecular flexibility index (Phi) is 4.07. The van der Waals surface area contributed by atoms with Crippen LogP contribution >= 0.6 is 0 Å². The largest absolute Gasteiger partial charge is 0.450 e. The first-order valence-electron chi connectivity index (χ1n) is 8.97. The van der Waals surface area contributed by atoms with Crippen LogP contribution in [-0.4, -0.2) is 22.3 Å². The number of carbonyl (C=O) groups is 1. The van der Waals surface area contributed by atoms with Crippen LogP contribution in [0.15, 0.2) is 51.8 Å². The topological polar surface area (TPSA) is 63.4 Å². The van der Waals surface area contributed by atoms with Gasteiger partial charge in [-0.15, -0.1) is 0 Å². The van der Waals surface area contributed by atoms with E-state index in [4.69, 9.17) is 4.42 Å². The molecule has 0 aliphatic carbocycles. The Hall–Kier alpha value is -2.95. The number of aromatic nitrogens is 1. The first-order valence-corrected chi connectivity index (χ1v) is 8.97. The number of benzene rings is 1. The van der Waals surface area contributed by atoms with Crippen molar-refractivity contribution in [2.24, 2.45) is 0 Å². The van der Waals surface area contributed by atoms with Gasteiger partial charge in [-0.1, -0.05) is 26.0 Å². The highest BCUT2D eigenvalue weighted by atomic mass is 16.3. The highest BCUT2D eigenvalue weighted by molar-refractivity contribution is 5.99. The smallest absolute Gasteiger partial charge is 0.290 e. The van der Waals surface area contributed by atoms with Crippen molar-refractivity contribution in [2.75, 3.05) is 6.54 Å². The van der Waals surface area contributed by atoms with Gasteiger partial charge in [0.25, 0.3) is 5.91 Å². The van der Waals surface area contributed by atoms with Crippen LogP contribution in [0.25, 0.3) is 11.0 Å².